The molecule has 2 aliphatic rings. The van der Waals surface area contributed by atoms with Crippen LogP contribution in [0.15, 0.2) is 29.6 Å². The summed E-state index contributed by atoms with van der Waals surface area (Å²) in [6.07, 6.45) is 5.68. The van der Waals surface area contributed by atoms with Crippen LogP contribution in [0.25, 0.3) is 0 Å². The molecular formula is C42H62N4O7S. The van der Waals surface area contributed by atoms with E-state index < -0.39 is 29.8 Å². The molecule has 0 spiro atoms. The molecule has 54 heavy (non-hydrogen) atoms. The van der Waals surface area contributed by atoms with Gasteiger partial charge in [0.05, 0.1) is 19.1 Å². The summed E-state index contributed by atoms with van der Waals surface area (Å²) >= 11 is 1.23. The Bertz CT molecular complexity index is 1590. The van der Waals surface area contributed by atoms with Gasteiger partial charge >= 0.3 is 11.9 Å². The molecule has 1 aromatic heterocycles. The number of aryl methyl sites for hydroxylation is 1. The van der Waals surface area contributed by atoms with Crippen LogP contribution in [0.3, 0.4) is 0 Å². The normalized spacial score (nSPS) is 19.6. The summed E-state index contributed by atoms with van der Waals surface area (Å²) in [5, 5.41) is 5.18. The number of hydrogen-bond acceptors (Lipinski definition) is 10. The fraction of sp³-hybridized carbons (Fsp3) is 0.667. The second-order valence-corrected chi connectivity index (χ2v) is 17.0. The van der Waals surface area contributed by atoms with Crippen molar-refractivity contribution in [1.29, 1.82) is 0 Å². The summed E-state index contributed by atoms with van der Waals surface area (Å²) in [4.78, 5) is 75.1. The minimum absolute atomic E-state index is 0.00358. The van der Waals surface area contributed by atoms with Gasteiger partial charge in [-0.15, -0.1) is 11.3 Å². The number of ketones is 1. The predicted molar refractivity (Wildman–Crippen MR) is 210 cm³/mol. The Hall–Kier alpha value is -3.64. The first-order valence-corrected chi connectivity index (χ1v) is 20.5. The van der Waals surface area contributed by atoms with Crippen molar-refractivity contribution in [3.8, 4) is 0 Å². The van der Waals surface area contributed by atoms with E-state index in [2.05, 4.69) is 22.1 Å². The molecule has 11 nitrogen and oxygen atoms in total. The summed E-state index contributed by atoms with van der Waals surface area (Å²) in [7, 11) is 5.15. The van der Waals surface area contributed by atoms with Gasteiger partial charge in [0.1, 0.15) is 10.7 Å². The molecule has 0 bridgehead atoms. The lowest BCUT2D eigenvalue weighted by Gasteiger charge is -2.38. The number of esters is 2. The van der Waals surface area contributed by atoms with E-state index in [0.29, 0.717) is 23.8 Å². The number of methoxy groups -OCH3 is 1. The van der Waals surface area contributed by atoms with Crippen LogP contribution in [0.2, 0.25) is 0 Å². The standard InChI is InChI=1S/C42H62N4O7S/c1-25(2)36(46(8)41(50)33(28(5)31-17-18-31)22-37(48)35-12-10-11-19-45(35)7)23-38(53-29(6)47)40-44-34(24-54-40)39(49)43-32(20-27(4)42(51)52-9)21-30-15-13-26(3)14-16-30/h13-16,24-25,27-28,31-33,35-36,38H,10-12,17-23H2,1-9H3,(H,43,49)/t27-,28-,32+,33-,35+,36+,38+/m0/s1. The first-order chi connectivity index (χ1) is 25.6. The predicted octanol–water partition coefficient (Wildman–Crippen LogP) is 6.57. The molecule has 0 radical (unpaired) electrons. The van der Waals surface area contributed by atoms with Gasteiger partial charge in [-0.25, -0.2) is 4.98 Å². The number of amides is 2. The molecule has 1 aliphatic heterocycles. The lowest BCUT2D eigenvalue weighted by molar-refractivity contribution is -0.150. The second kappa shape index (κ2) is 19.8. The van der Waals surface area contributed by atoms with Gasteiger partial charge in [-0.1, -0.05) is 63.9 Å². The molecule has 1 saturated heterocycles. The SMILES string of the molecule is COC(=O)[C@@H](C)C[C@H](Cc1ccc(C)cc1)NC(=O)c1csc([C@@H](C[C@H](C(C)C)N(C)C(=O)[C@@H](CC(=O)[C@H]2CCCCN2C)[C@@H](C)C2CC2)OC(C)=O)n1. The average molecular weight is 767 g/mol. The summed E-state index contributed by atoms with van der Waals surface area (Å²) < 4.78 is 10.8. The van der Waals surface area contributed by atoms with Gasteiger partial charge in [-0.3, -0.25) is 28.9 Å². The van der Waals surface area contributed by atoms with E-state index in [4.69, 9.17) is 9.47 Å². The van der Waals surface area contributed by atoms with E-state index in [1.807, 2.05) is 52.1 Å². The third-order valence-corrected chi connectivity index (χ3v) is 12.4. The maximum atomic E-state index is 14.4. The van der Waals surface area contributed by atoms with Crippen LogP contribution < -0.4 is 5.32 Å². The number of likely N-dealkylation sites (tertiary alicyclic amines) is 1. The molecular weight excluding hydrogens is 705 g/mol. The Balaban J connectivity index is 1.52. The zero-order valence-electron chi connectivity index (χ0n) is 33.8. The number of Topliss-reactive ketones (excluding diaryl/α,β-unsaturated/α-hetero) is 1. The number of ether oxygens (including phenoxy) is 2. The van der Waals surface area contributed by atoms with Gasteiger partial charge in [0, 0.05) is 50.2 Å². The Morgan fingerprint density at radius 1 is 1.02 bits per heavy atom. The number of carbonyl (C=O) groups excluding carboxylic acids is 5. The molecule has 298 valence electrons. The minimum atomic E-state index is -0.795. The molecule has 7 atom stereocenters. The first-order valence-electron chi connectivity index (χ1n) is 19.7. The molecule has 12 heteroatoms. The lowest BCUT2D eigenvalue weighted by atomic mass is 9.81. The highest BCUT2D eigenvalue weighted by molar-refractivity contribution is 7.09. The monoisotopic (exact) mass is 766 g/mol. The van der Waals surface area contributed by atoms with E-state index in [-0.39, 0.29) is 66.2 Å². The van der Waals surface area contributed by atoms with Crippen molar-refractivity contribution in [2.24, 2.45) is 29.6 Å². The van der Waals surface area contributed by atoms with Crippen molar-refractivity contribution < 1.29 is 33.4 Å². The molecule has 1 saturated carbocycles. The highest BCUT2D eigenvalue weighted by Crippen LogP contribution is 2.43. The van der Waals surface area contributed by atoms with Crippen molar-refractivity contribution in [1.82, 2.24) is 20.1 Å². The van der Waals surface area contributed by atoms with Crippen molar-refractivity contribution in [2.45, 2.75) is 124 Å². The van der Waals surface area contributed by atoms with Gasteiger partial charge in [0.2, 0.25) is 5.91 Å². The van der Waals surface area contributed by atoms with Gasteiger partial charge < -0.3 is 19.7 Å². The Kier molecular flexibility index (Phi) is 15.8. The van der Waals surface area contributed by atoms with E-state index in [1.165, 1.54) is 25.4 Å². The topological polar surface area (TPSA) is 135 Å². The first kappa shape index (κ1) is 43.1. The van der Waals surface area contributed by atoms with Crippen LogP contribution in [-0.2, 0) is 35.1 Å². The number of nitrogens with one attached hydrogen (secondary N) is 1. The second-order valence-electron chi connectivity index (χ2n) is 16.2. The number of likely N-dealkylation sites (N-methyl/N-ethyl adjacent to an activating group) is 1. The third kappa shape index (κ3) is 11.9. The number of benzene rings is 1. The summed E-state index contributed by atoms with van der Waals surface area (Å²) in [6.45, 7) is 12.2. The molecule has 1 aromatic carbocycles. The molecule has 2 aromatic rings. The summed E-state index contributed by atoms with van der Waals surface area (Å²) in [6, 6.07) is 7.20. The molecule has 2 fully saturated rings. The van der Waals surface area contributed by atoms with Crippen molar-refractivity contribution in [3.63, 3.8) is 0 Å². The molecule has 1 N–H and O–H groups in total. The lowest BCUT2D eigenvalue weighted by Crippen LogP contribution is -2.48. The number of aromatic nitrogens is 1. The zero-order chi connectivity index (χ0) is 39.7. The minimum Gasteiger partial charge on any atom is -0.469 e. The van der Waals surface area contributed by atoms with Crippen LogP contribution >= 0.6 is 11.3 Å². The van der Waals surface area contributed by atoms with Gasteiger partial charge in [0.15, 0.2) is 11.9 Å². The third-order valence-electron chi connectivity index (χ3n) is 11.5. The Labute approximate surface area is 325 Å². The van der Waals surface area contributed by atoms with Crippen molar-refractivity contribution in [3.05, 3.63) is 51.5 Å². The zero-order valence-corrected chi connectivity index (χ0v) is 34.6. The van der Waals surface area contributed by atoms with Crippen molar-refractivity contribution in [2.75, 3.05) is 27.7 Å². The fourth-order valence-corrected chi connectivity index (χ4v) is 8.77. The van der Waals surface area contributed by atoms with Gasteiger partial charge in [-0.2, -0.15) is 0 Å². The van der Waals surface area contributed by atoms with Crippen LogP contribution in [0.5, 0.6) is 0 Å². The van der Waals surface area contributed by atoms with Gasteiger partial charge in [0.25, 0.3) is 5.91 Å². The van der Waals surface area contributed by atoms with Crippen LogP contribution in [0, 0.1) is 36.5 Å². The van der Waals surface area contributed by atoms with E-state index in [1.54, 1.807) is 24.3 Å². The Morgan fingerprint density at radius 2 is 1.70 bits per heavy atom. The number of carbonyl (C=O) groups is 5. The number of piperidine rings is 1. The number of nitrogens with zero attached hydrogens (tertiary/aromatic N) is 3. The molecule has 2 amide bonds. The molecule has 0 unspecified atom stereocenters. The van der Waals surface area contributed by atoms with Crippen LogP contribution in [0.4, 0.5) is 0 Å². The molecule has 4 rings (SSSR count). The summed E-state index contributed by atoms with van der Waals surface area (Å²) in [5.74, 6) is -1.49. The molecule has 2 heterocycles. The quantitative estimate of drug-likeness (QED) is 0.158. The van der Waals surface area contributed by atoms with E-state index in [9.17, 15) is 24.0 Å². The van der Waals surface area contributed by atoms with Crippen LogP contribution in [-0.4, -0.2) is 90.2 Å². The van der Waals surface area contributed by atoms with Gasteiger partial charge in [-0.05, 0) is 82.4 Å². The Morgan fingerprint density at radius 3 is 2.30 bits per heavy atom. The smallest absolute Gasteiger partial charge is 0.308 e. The number of thiazole rings is 1. The van der Waals surface area contributed by atoms with E-state index >= 15 is 0 Å². The maximum absolute atomic E-state index is 14.4. The van der Waals surface area contributed by atoms with E-state index in [0.717, 1.165) is 49.8 Å². The summed E-state index contributed by atoms with van der Waals surface area (Å²) in [5.41, 5.74) is 2.33. The van der Waals surface area contributed by atoms with Crippen molar-refractivity contribution >= 4 is 40.9 Å². The number of hydrogen-bond donors (Lipinski definition) is 1. The highest BCUT2D eigenvalue weighted by atomic mass is 32.1. The highest BCUT2D eigenvalue weighted by Gasteiger charge is 2.42. The number of rotatable bonds is 19. The van der Waals surface area contributed by atoms with Crippen LogP contribution in [0.1, 0.15) is 119 Å². The molecule has 1 aliphatic carbocycles. The largest absolute Gasteiger partial charge is 0.469 e. The fourth-order valence-electron chi connectivity index (χ4n) is 7.93. The average Bonchev–Trinajstić information content (AvgIpc) is 3.87. The maximum Gasteiger partial charge on any atom is 0.308 e.